The molecule has 3 rings (SSSR count). The van der Waals surface area contributed by atoms with Gasteiger partial charge in [-0.2, -0.15) is 10.2 Å². The Bertz CT molecular complexity index is 1050. The number of ether oxygens (including phenoxy) is 2. The number of nitrogens with zero attached hydrogens (tertiary/aromatic N) is 2. The molecule has 0 atom stereocenters. The van der Waals surface area contributed by atoms with E-state index in [4.69, 9.17) is 33.9 Å². The van der Waals surface area contributed by atoms with Crippen LogP contribution in [-0.4, -0.2) is 63.2 Å². The number of hydrogen-bond acceptors (Lipinski definition) is 6. The largest absolute Gasteiger partial charge is 0.383 e. The summed E-state index contributed by atoms with van der Waals surface area (Å²) in [5, 5.41) is 19.9. The molecule has 0 aliphatic carbocycles. The molecule has 0 spiro atoms. The number of rotatable bonds is 10. The molecule has 0 aromatic heterocycles. The minimum Gasteiger partial charge on any atom is -0.383 e. The monoisotopic (exact) mass is 496 g/mol. The van der Waals surface area contributed by atoms with Gasteiger partial charge in [0.15, 0.2) is 10.2 Å². The molecule has 3 aromatic rings. The number of benzene rings is 3. The van der Waals surface area contributed by atoms with Crippen LogP contribution in [0.3, 0.4) is 0 Å². The normalized spacial score (nSPS) is 11.4. The number of fused-ring (bicyclic) bond motifs is 2. The standard InChI is InChI=1S/C24H28N6O2S2/c1-31-13-11-25-23(33)29-27-15-21-17-7-3-5-9-19(17)22(20-10-6-4-8-18(20)21)16-28-30-24(34)26-12-14-32-2/h3-10,15-16H,11-14H2,1-2H3,(H2,25,29,33)(H2,26,30,34)/b27-15+,28-16+. The molecule has 0 unspecified atom stereocenters. The first-order chi connectivity index (χ1) is 16.7. The van der Waals surface area contributed by atoms with Crippen molar-refractivity contribution < 1.29 is 9.47 Å². The van der Waals surface area contributed by atoms with Gasteiger partial charge in [-0.05, 0) is 46.0 Å². The molecule has 3 aromatic carbocycles. The average Bonchev–Trinajstić information content (AvgIpc) is 2.85. The Morgan fingerprint density at radius 1 is 0.706 bits per heavy atom. The number of thiocarbonyl (C=S) groups is 2. The smallest absolute Gasteiger partial charge is 0.187 e. The maximum absolute atomic E-state index is 5.26. The molecule has 0 fully saturated rings. The summed E-state index contributed by atoms with van der Waals surface area (Å²) in [5.74, 6) is 0. The summed E-state index contributed by atoms with van der Waals surface area (Å²) in [4.78, 5) is 0. The van der Waals surface area contributed by atoms with E-state index in [0.717, 1.165) is 32.7 Å². The summed E-state index contributed by atoms with van der Waals surface area (Å²) in [6.07, 6.45) is 3.59. The summed E-state index contributed by atoms with van der Waals surface area (Å²) in [5.41, 5.74) is 7.71. The van der Waals surface area contributed by atoms with Crippen molar-refractivity contribution in [3.63, 3.8) is 0 Å². The van der Waals surface area contributed by atoms with Crippen LogP contribution in [0, 0.1) is 0 Å². The van der Waals surface area contributed by atoms with Crippen molar-refractivity contribution in [2.75, 3.05) is 40.5 Å². The van der Waals surface area contributed by atoms with E-state index in [1.54, 1.807) is 26.6 Å². The molecular weight excluding hydrogens is 468 g/mol. The van der Waals surface area contributed by atoms with Gasteiger partial charge >= 0.3 is 0 Å². The molecule has 8 nitrogen and oxygen atoms in total. The zero-order valence-electron chi connectivity index (χ0n) is 19.1. The third kappa shape index (κ3) is 6.91. The first-order valence-corrected chi connectivity index (χ1v) is 11.5. The van der Waals surface area contributed by atoms with Crippen LogP contribution in [0.1, 0.15) is 11.1 Å². The topological polar surface area (TPSA) is 91.3 Å². The maximum Gasteiger partial charge on any atom is 0.187 e. The van der Waals surface area contributed by atoms with Crippen molar-refractivity contribution in [1.82, 2.24) is 21.5 Å². The molecule has 4 N–H and O–H groups in total. The fourth-order valence-corrected chi connectivity index (χ4v) is 3.71. The molecule has 0 bridgehead atoms. The third-order valence-corrected chi connectivity index (χ3v) is 5.39. The molecule has 0 saturated carbocycles. The lowest BCUT2D eigenvalue weighted by Crippen LogP contribution is -2.34. The Hall–Kier alpha value is -3.18. The van der Waals surface area contributed by atoms with Gasteiger partial charge < -0.3 is 20.1 Å². The molecule has 34 heavy (non-hydrogen) atoms. The van der Waals surface area contributed by atoms with Crippen LogP contribution < -0.4 is 21.5 Å². The van der Waals surface area contributed by atoms with Crippen LogP contribution in [0.15, 0.2) is 58.7 Å². The van der Waals surface area contributed by atoms with Crippen LogP contribution in [0.5, 0.6) is 0 Å². The van der Waals surface area contributed by atoms with Gasteiger partial charge in [0.25, 0.3) is 0 Å². The first-order valence-electron chi connectivity index (χ1n) is 10.7. The zero-order valence-corrected chi connectivity index (χ0v) is 20.8. The minimum absolute atomic E-state index is 0.437. The summed E-state index contributed by atoms with van der Waals surface area (Å²) < 4.78 is 10.0. The average molecular weight is 497 g/mol. The zero-order chi connectivity index (χ0) is 24.2. The van der Waals surface area contributed by atoms with Gasteiger partial charge in [-0.15, -0.1) is 0 Å². The van der Waals surface area contributed by atoms with Crippen molar-refractivity contribution in [2.24, 2.45) is 10.2 Å². The fraction of sp³-hybridized carbons (Fsp3) is 0.250. The summed E-state index contributed by atoms with van der Waals surface area (Å²) in [6.45, 7) is 2.34. The molecule has 0 amide bonds. The number of hydrogen-bond donors (Lipinski definition) is 4. The second-order valence-electron chi connectivity index (χ2n) is 7.16. The Kier molecular flexibility index (Phi) is 10.1. The molecule has 0 saturated heterocycles. The van der Waals surface area contributed by atoms with Crippen molar-refractivity contribution in [3.8, 4) is 0 Å². The van der Waals surface area contributed by atoms with E-state index < -0.39 is 0 Å². The van der Waals surface area contributed by atoms with Gasteiger partial charge in [0, 0.05) is 38.4 Å². The van der Waals surface area contributed by atoms with Crippen LogP contribution in [0.4, 0.5) is 0 Å². The molecule has 0 aliphatic rings. The van der Waals surface area contributed by atoms with Crippen molar-refractivity contribution in [3.05, 3.63) is 59.7 Å². The lowest BCUT2D eigenvalue weighted by molar-refractivity contribution is 0.204. The lowest BCUT2D eigenvalue weighted by atomic mass is 9.92. The van der Waals surface area contributed by atoms with Crippen LogP contribution in [0.2, 0.25) is 0 Å². The van der Waals surface area contributed by atoms with E-state index in [0.29, 0.717) is 36.5 Å². The second kappa shape index (κ2) is 13.5. The van der Waals surface area contributed by atoms with Gasteiger partial charge in [-0.25, -0.2) is 0 Å². The lowest BCUT2D eigenvalue weighted by Gasteiger charge is -2.13. The molecular formula is C24H28N6O2S2. The van der Waals surface area contributed by atoms with E-state index >= 15 is 0 Å². The highest BCUT2D eigenvalue weighted by molar-refractivity contribution is 7.80. The van der Waals surface area contributed by atoms with Crippen molar-refractivity contribution in [1.29, 1.82) is 0 Å². The minimum atomic E-state index is 0.437. The van der Waals surface area contributed by atoms with Gasteiger partial charge in [-0.3, -0.25) is 10.9 Å². The Morgan fingerprint density at radius 3 is 1.38 bits per heavy atom. The van der Waals surface area contributed by atoms with E-state index in [2.05, 4.69) is 56.0 Å². The van der Waals surface area contributed by atoms with Gasteiger partial charge in [0.05, 0.1) is 25.6 Å². The predicted octanol–water partition coefficient (Wildman–Crippen LogP) is 2.88. The van der Waals surface area contributed by atoms with Crippen LogP contribution in [0.25, 0.3) is 21.5 Å². The van der Waals surface area contributed by atoms with Gasteiger partial charge in [0.1, 0.15) is 0 Å². The van der Waals surface area contributed by atoms with E-state index in [9.17, 15) is 0 Å². The van der Waals surface area contributed by atoms with E-state index in [1.165, 1.54) is 0 Å². The Balaban J connectivity index is 1.90. The third-order valence-electron chi connectivity index (χ3n) is 4.92. The number of methoxy groups -OCH3 is 2. The number of hydrazone groups is 2. The summed E-state index contributed by atoms with van der Waals surface area (Å²) in [6, 6.07) is 16.3. The quantitative estimate of drug-likeness (QED) is 0.112. The summed E-state index contributed by atoms with van der Waals surface area (Å²) in [7, 11) is 3.29. The molecule has 0 heterocycles. The molecule has 0 aliphatic heterocycles. The molecule has 0 radical (unpaired) electrons. The SMILES string of the molecule is COCCNC(=S)N/N=C/c1c2ccccc2c(/C=N/NC(=S)NCCOC)c2ccccc12. The molecule has 178 valence electrons. The van der Waals surface area contributed by atoms with Crippen molar-refractivity contribution in [2.45, 2.75) is 0 Å². The van der Waals surface area contributed by atoms with Gasteiger partial charge in [0.2, 0.25) is 0 Å². The summed E-state index contributed by atoms with van der Waals surface area (Å²) >= 11 is 10.5. The second-order valence-corrected chi connectivity index (χ2v) is 7.97. The fourth-order valence-electron chi connectivity index (χ4n) is 3.40. The van der Waals surface area contributed by atoms with Gasteiger partial charge in [-0.1, -0.05) is 48.5 Å². The van der Waals surface area contributed by atoms with E-state index in [1.807, 2.05) is 24.3 Å². The van der Waals surface area contributed by atoms with Crippen LogP contribution in [-0.2, 0) is 9.47 Å². The Labute approximate surface area is 209 Å². The van der Waals surface area contributed by atoms with Crippen molar-refractivity contribution >= 4 is 68.6 Å². The predicted molar refractivity (Wildman–Crippen MR) is 148 cm³/mol. The highest BCUT2D eigenvalue weighted by Crippen LogP contribution is 2.31. The maximum atomic E-state index is 5.26. The van der Waals surface area contributed by atoms with E-state index in [-0.39, 0.29) is 0 Å². The Morgan fingerprint density at radius 2 is 1.06 bits per heavy atom. The first kappa shape index (κ1) is 25.4. The molecule has 10 heteroatoms. The highest BCUT2D eigenvalue weighted by Gasteiger charge is 2.11. The highest BCUT2D eigenvalue weighted by atomic mass is 32.1. The van der Waals surface area contributed by atoms with Crippen LogP contribution >= 0.6 is 24.4 Å². The number of nitrogens with one attached hydrogen (secondary N) is 4.